The average molecular weight is 377 g/mol. The van der Waals surface area contributed by atoms with E-state index < -0.39 is 23.9 Å². The fourth-order valence-electron chi connectivity index (χ4n) is 3.30. The van der Waals surface area contributed by atoms with Gasteiger partial charge in [-0.1, -0.05) is 6.07 Å². The number of aryl methyl sites for hydroxylation is 1. The monoisotopic (exact) mass is 377 g/mol. The molecule has 1 aliphatic rings. The summed E-state index contributed by atoms with van der Waals surface area (Å²) in [4.78, 5) is 34.5. The number of amides is 1. The number of aliphatic hydroxyl groups excluding tert-OH is 2. The van der Waals surface area contributed by atoms with Gasteiger partial charge in [0.1, 0.15) is 11.9 Å². The van der Waals surface area contributed by atoms with E-state index in [0.717, 1.165) is 19.3 Å². The number of thiophene rings is 1. The number of aromatic amines is 1. The Labute approximate surface area is 155 Å². The van der Waals surface area contributed by atoms with Crippen LogP contribution in [0.4, 0.5) is 0 Å². The SMILES string of the molecule is O=C(CCCc1cccs1)[C@H](O)[C@@H](O)C(=O)N1CCCC1c1ncc[nH]1. The second-order valence-corrected chi connectivity index (χ2v) is 7.49. The zero-order chi connectivity index (χ0) is 18.5. The van der Waals surface area contributed by atoms with Crippen LogP contribution in [0.25, 0.3) is 0 Å². The summed E-state index contributed by atoms with van der Waals surface area (Å²) in [5.41, 5.74) is 0. The Morgan fingerprint density at radius 1 is 1.38 bits per heavy atom. The summed E-state index contributed by atoms with van der Waals surface area (Å²) in [5, 5.41) is 22.3. The van der Waals surface area contributed by atoms with Gasteiger partial charge in [-0.05, 0) is 37.1 Å². The van der Waals surface area contributed by atoms with E-state index in [1.54, 1.807) is 23.7 Å². The number of nitrogens with zero attached hydrogens (tertiary/aromatic N) is 2. The summed E-state index contributed by atoms with van der Waals surface area (Å²) in [6.07, 6.45) is 2.83. The second-order valence-electron chi connectivity index (χ2n) is 6.45. The van der Waals surface area contributed by atoms with Crippen molar-refractivity contribution in [2.75, 3.05) is 6.54 Å². The molecule has 1 fully saturated rings. The third-order valence-corrected chi connectivity index (χ3v) is 5.62. The van der Waals surface area contributed by atoms with Crippen LogP contribution in [0, 0.1) is 0 Å². The number of nitrogens with one attached hydrogen (secondary N) is 1. The number of carbonyl (C=O) groups is 2. The van der Waals surface area contributed by atoms with Crippen LogP contribution in [-0.2, 0) is 16.0 Å². The van der Waals surface area contributed by atoms with Gasteiger partial charge in [0.25, 0.3) is 5.91 Å². The van der Waals surface area contributed by atoms with E-state index >= 15 is 0 Å². The van der Waals surface area contributed by atoms with Crippen LogP contribution in [0.3, 0.4) is 0 Å². The average Bonchev–Trinajstić information content (AvgIpc) is 3.40. The first-order valence-electron chi connectivity index (χ1n) is 8.79. The van der Waals surface area contributed by atoms with Gasteiger partial charge in [-0.25, -0.2) is 4.98 Å². The molecule has 0 bridgehead atoms. The first kappa shape index (κ1) is 18.8. The van der Waals surface area contributed by atoms with Gasteiger partial charge in [0.2, 0.25) is 0 Å². The highest BCUT2D eigenvalue weighted by molar-refractivity contribution is 7.09. The van der Waals surface area contributed by atoms with Crippen LogP contribution in [0.15, 0.2) is 29.9 Å². The van der Waals surface area contributed by atoms with Crippen LogP contribution >= 0.6 is 11.3 Å². The Kier molecular flexibility index (Phi) is 6.18. The van der Waals surface area contributed by atoms with E-state index in [1.807, 2.05) is 17.5 Å². The standard InChI is InChI=1S/C18H23N3O4S/c22-14(7-1-4-12-5-3-11-26-12)15(23)16(24)18(25)21-10-2-6-13(21)17-19-8-9-20-17/h3,5,8-9,11,13,15-16,23-24H,1-2,4,6-7,10H2,(H,19,20)/t13?,15-,16+/m0/s1. The summed E-state index contributed by atoms with van der Waals surface area (Å²) in [5.74, 6) is -0.473. The summed E-state index contributed by atoms with van der Waals surface area (Å²) in [6, 6.07) is 3.68. The van der Waals surface area contributed by atoms with E-state index in [1.165, 1.54) is 9.78 Å². The van der Waals surface area contributed by atoms with Gasteiger partial charge >= 0.3 is 0 Å². The third-order valence-electron chi connectivity index (χ3n) is 4.68. The minimum atomic E-state index is -1.74. The predicted molar refractivity (Wildman–Crippen MR) is 96.6 cm³/mol. The van der Waals surface area contributed by atoms with Crippen molar-refractivity contribution in [1.82, 2.24) is 14.9 Å². The Bertz CT molecular complexity index is 717. The lowest BCUT2D eigenvalue weighted by atomic mass is 10.0. The van der Waals surface area contributed by atoms with E-state index in [2.05, 4.69) is 9.97 Å². The van der Waals surface area contributed by atoms with Crippen molar-refractivity contribution in [1.29, 1.82) is 0 Å². The molecule has 3 N–H and O–H groups in total. The van der Waals surface area contributed by atoms with Gasteiger partial charge in [0.15, 0.2) is 11.9 Å². The smallest absolute Gasteiger partial charge is 0.255 e. The number of Topliss-reactive ketones (excluding diaryl/α,β-unsaturated/α-hetero) is 1. The van der Waals surface area contributed by atoms with Crippen molar-refractivity contribution in [3.63, 3.8) is 0 Å². The minimum absolute atomic E-state index is 0.130. The van der Waals surface area contributed by atoms with Gasteiger partial charge in [-0.15, -0.1) is 11.3 Å². The highest BCUT2D eigenvalue weighted by atomic mass is 32.1. The summed E-state index contributed by atoms with van der Waals surface area (Å²) in [6.45, 7) is 0.473. The van der Waals surface area contributed by atoms with Gasteiger partial charge in [0.05, 0.1) is 6.04 Å². The maximum atomic E-state index is 12.6. The van der Waals surface area contributed by atoms with Crippen LogP contribution in [-0.4, -0.2) is 55.5 Å². The molecule has 140 valence electrons. The number of hydrogen-bond acceptors (Lipinski definition) is 6. The molecule has 8 heteroatoms. The summed E-state index contributed by atoms with van der Waals surface area (Å²) in [7, 11) is 0. The van der Waals surface area contributed by atoms with Crippen LogP contribution in [0.1, 0.15) is 42.4 Å². The maximum Gasteiger partial charge on any atom is 0.255 e. The first-order valence-corrected chi connectivity index (χ1v) is 9.67. The number of H-pyrrole nitrogens is 1. The number of imidazole rings is 1. The van der Waals surface area contributed by atoms with Gasteiger partial charge in [0, 0.05) is 30.2 Å². The molecule has 0 saturated carbocycles. The number of aliphatic hydroxyl groups is 2. The number of hydrogen-bond donors (Lipinski definition) is 3. The summed E-state index contributed by atoms with van der Waals surface area (Å²) < 4.78 is 0. The molecule has 2 aromatic heterocycles. The number of ketones is 1. The van der Waals surface area contributed by atoms with Crippen molar-refractivity contribution >= 4 is 23.0 Å². The van der Waals surface area contributed by atoms with Crippen molar-refractivity contribution < 1.29 is 19.8 Å². The molecular formula is C18H23N3O4S. The number of carbonyl (C=O) groups excluding carboxylic acids is 2. The van der Waals surface area contributed by atoms with E-state index in [4.69, 9.17) is 0 Å². The van der Waals surface area contributed by atoms with Gasteiger partial charge in [-0.2, -0.15) is 0 Å². The van der Waals surface area contributed by atoms with E-state index in [-0.39, 0.29) is 12.5 Å². The van der Waals surface area contributed by atoms with Crippen molar-refractivity contribution in [2.45, 2.75) is 50.4 Å². The predicted octanol–water partition coefficient (Wildman–Crippen LogP) is 1.45. The molecule has 2 aromatic rings. The highest BCUT2D eigenvalue weighted by Gasteiger charge is 2.38. The largest absolute Gasteiger partial charge is 0.382 e. The molecule has 0 radical (unpaired) electrons. The molecule has 0 aliphatic carbocycles. The van der Waals surface area contributed by atoms with E-state index in [9.17, 15) is 19.8 Å². The third kappa shape index (κ3) is 4.20. The molecule has 26 heavy (non-hydrogen) atoms. The number of rotatable bonds is 8. The van der Waals surface area contributed by atoms with Crippen molar-refractivity contribution in [3.05, 3.63) is 40.6 Å². The lowest BCUT2D eigenvalue weighted by Crippen LogP contribution is -2.47. The van der Waals surface area contributed by atoms with Crippen LogP contribution < -0.4 is 0 Å². The molecule has 1 amide bonds. The topological polar surface area (TPSA) is 107 Å². The molecule has 3 heterocycles. The second kappa shape index (κ2) is 8.57. The Balaban J connectivity index is 1.54. The summed E-state index contributed by atoms with van der Waals surface area (Å²) >= 11 is 1.62. The molecule has 3 rings (SSSR count). The van der Waals surface area contributed by atoms with Crippen molar-refractivity contribution in [3.8, 4) is 0 Å². The molecule has 7 nitrogen and oxygen atoms in total. The molecule has 1 saturated heterocycles. The molecule has 1 unspecified atom stereocenters. The van der Waals surface area contributed by atoms with Gasteiger partial charge < -0.3 is 20.1 Å². The fraction of sp³-hybridized carbons (Fsp3) is 0.500. The highest BCUT2D eigenvalue weighted by Crippen LogP contribution is 2.30. The molecule has 0 aromatic carbocycles. The normalized spacial score (nSPS) is 19.5. The Morgan fingerprint density at radius 3 is 2.92 bits per heavy atom. The molecule has 1 aliphatic heterocycles. The van der Waals surface area contributed by atoms with Crippen molar-refractivity contribution in [2.24, 2.45) is 0 Å². The quantitative estimate of drug-likeness (QED) is 0.645. The molecule has 0 spiro atoms. The zero-order valence-electron chi connectivity index (χ0n) is 14.4. The van der Waals surface area contributed by atoms with Crippen LogP contribution in [0.5, 0.6) is 0 Å². The Hall–Kier alpha value is -2.03. The Morgan fingerprint density at radius 2 is 2.23 bits per heavy atom. The van der Waals surface area contributed by atoms with E-state index in [0.29, 0.717) is 18.8 Å². The minimum Gasteiger partial charge on any atom is -0.382 e. The number of aromatic nitrogens is 2. The maximum absolute atomic E-state index is 12.6. The molecule has 3 atom stereocenters. The zero-order valence-corrected chi connectivity index (χ0v) is 15.2. The molecular weight excluding hydrogens is 354 g/mol. The van der Waals surface area contributed by atoms with Gasteiger partial charge in [-0.3, -0.25) is 9.59 Å². The number of likely N-dealkylation sites (tertiary alicyclic amines) is 1. The lowest BCUT2D eigenvalue weighted by molar-refractivity contribution is -0.153. The first-order chi connectivity index (χ1) is 12.6. The van der Waals surface area contributed by atoms with Crippen LogP contribution in [0.2, 0.25) is 0 Å². The lowest BCUT2D eigenvalue weighted by Gasteiger charge is -2.27. The fourth-order valence-corrected chi connectivity index (χ4v) is 4.05.